The largest absolute Gasteiger partial charge is 0.356 e. The average Bonchev–Trinajstić information content (AvgIpc) is 2.95. The second kappa shape index (κ2) is 6.38. The zero-order valence-electron chi connectivity index (χ0n) is 13.7. The molecule has 1 aromatic carbocycles. The van der Waals surface area contributed by atoms with Gasteiger partial charge in [-0.1, -0.05) is 0 Å². The third kappa shape index (κ3) is 3.52. The van der Waals surface area contributed by atoms with E-state index in [4.69, 9.17) is 5.14 Å². The van der Waals surface area contributed by atoms with E-state index < -0.39 is 21.7 Å². The highest BCUT2D eigenvalue weighted by Crippen LogP contribution is 2.38. The van der Waals surface area contributed by atoms with Crippen molar-refractivity contribution >= 4 is 21.8 Å². The molecule has 0 bridgehead atoms. The number of nitrogens with zero attached hydrogens (tertiary/aromatic N) is 1. The summed E-state index contributed by atoms with van der Waals surface area (Å²) in [7, 11) is -2.45. The minimum atomic E-state index is -4.03. The average molecular weight is 369 g/mol. The zero-order chi connectivity index (χ0) is 18.4. The number of carbonyl (C=O) groups excluding carboxylic acids is 2. The van der Waals surface area contributed by atoms with Gasteiger partial charge in [-0.15, -0.1) is 0 Å². The fourth-order valence-electron chi connectivity index (χ4n) is 3.75. The normalized spacial score (nSPS) is 26.0. The number of piperidine rings is 1. The molecule has 2 aliphatic rings. The van der Waals surface area contributed by atoms with E-state index in [-0.39, 0.29) is 28.3 Å². The van der Waals surface area contributed by atoms with Gasteiger partial charge in [0, 0.05) is 26.1 Å². The molecule has 1 aliphatic heterocycles. The molecule has 9 heteroatoms. The Bertz CT molecular complexity index is 827. The summed E-state index contributed by atoms with van der Waals surface area (Å²) in [5.41, 5.74) is -0.321. The van der Waals surface area contributed by atoms with Crippen LogP contribution in [0.15, 0.2) is 23.1 Å². The fourth-order valence-corrected chi connectivity index (χ4v) is 4.29. The fraction of sp³-hybridized carbons (Fsp3) is 0.500. The minimum absolute atomic E-state index is 0.0165. The van der Waals surface area contributed by atoms with Gasteiger partial charge in [0.2, 0.25) is 15.9 Å². The Morgan fingerprint density at radius 1 is 1.32 bits per heavy atom. The number of sulfonamides is 1. The molecule has 1 aliphatic carbocycles. The molecule has 1 heterocycles. The first-order valence-corrected chi connectivity index (χ1v) is 9.57. The highest BCUT2D eigenvalue weighted by Gasteiger charge is 2.41. The molecule has 25 heavy (non-hydrogen) atoms. The molecule has 1 saturated carbocycles. The van der Waals surface area contributed by atoms with E-state index in [1.54, 1.807) is 7.05 Å². The number of benzene rings is 1. The molecular formula is C16H20FN3O4S. The summed E-state index contributed by atoms with van der Waals surface area (Å²) >= 11 is 0. The van der Waals surface area contributed by atoms with E-state index in [2.05, 4.69) is 5.32 Å². The van der Waals surface area contributed by atoms with Crippen molar-refractivity contribution in [1.82, 2.24) is 10.2 Å². The molecular weight excluding hydrogens is 349 g/mol. The number of primary sulfonamides is 1. The number of amides is 2. The van der Waals surface area contributed by atoms with E-state index in [0.29, 0.717) is 25.3 Å². The molecule has 136 valence electrons. The molecule has 0 radical (unpaired) electrons. The van der Waals surface area contributed by atoms with Crippen molar-refractivity contribution in [2.45, 2.75) is 30.2 Å². The van der Waals surface area contributed by atoms with Crippen molar-refractivity contribution in [1.29, 1.82) is 0 Å². The van der Waals surface area contributed by atoms with Gasteiger partial charge in [0.25, 0.3) is 5.91 Å². The van der Waals surface area contributed by atoms with Crippen LogP contribution in [-0.4, -0.2) is 44.8 Å². The van der Waals surface area contributed by atoms with Crippen LogP contribution >= 0.6 is 0 Å². The monoisotopic (exact) mass is 369 g/mol. The van der Waals surface area contributed by atoms with Crippen LogP contribution in [0.25, 0.3) is 0 Å². The van der Waals surface area contributed by atoms with Gasteiger partial charge >= 0.3 is 0 Å². The standard InChI is InChI=1S/C16H20FN3O4S/c1-20(11-4-9-6-15(21)19-8-10(9)5-11)16(22)13-7-12(25(18,23)24)2-3-14(13)17/h2-3,7,9-11H,4-6,8H2,1H3,(H,19,21)(H2,18,23,24)/t9-,10+,11-/m1/s1. The molecule has 1 aromatic rings. The number of hydrogen-bond donors (Lipinski definition) is 2. The Kier molecular flexibility index (Phi) is 4.54. The van der Waals surface area contributed by atoms with Crippen LogP contribution in [0.3, 0.4) is 0 Å². The van der Waals surface area contributed by atoms with Gasteiger partial charge in [0.05, 0.1) is 10.5 Å². The van der Waals surface area contributed by atoms with Gasteiger partial charge in [-0.3, -0.25) is 9.59 Å². The predicted molar refractivity (Wildman–Crippen MR) is 87.5 cm³/mol. The van der Waals surface area contributed by atoms with Crippen molar-refractivity contribution in [2.75, 3.05) is 13.6 Å². The molecule has 2 fully saturated rings. The first-order valence-electron chi connectivity index (χ1n) is 8.03. The van der Waals surface area contributed by atoms with E-state index in [1.807, 2.05) is 0 Å². The van der Waals surface area contributed by atoms with E-state index in [9.17, 15) is 22.4 Å². The van der Waals surface area contributed by atoms with Crippen LogP contribution in [0, 0.1) is 17.7 Å². The van der Waals surface area contributed by atoms with Gasteiger partial charge in [-0.05, 0) is 42.9 Å². The molecule has 0 aromatic heterocycles. The van der Waals surface area contributed by atoms with Gasteiger partial charge in [-0.2, -0.15) is 0 Å². The van der Waals surface area contributed by atoms with Gasteiger partial charge in [-0.25, -0.2) is 17.9 Å². The number of carbonyl (C=O) groups is 2. The van der Waals surface area contributed by atoms with Crippen LogP contribution < -0.4 is 10.5 Å². The number of rotatable bonds is 3. The maximum atomic E-state index is 14.1. The van der Waals surface area contributed by atoms with Crippen LogP contribution in [0.5, 0.6) is 0 Å². The van der Waals surface area contributed by atoms with Gasteiger partial charge in [0.1, 0.15) is 5.82 Å². The lowest BCUT2D eigenvalue weighted by Crippen LogP contribution is -2.38. The first kappa shape index (κ1) is 17.8. The molecule has 2 amide bonds. The molecule has 3 N–H and O–H groups in total. The second-order valence-corrected chi connectivity index (χ2v) is 8.32. The third-order valence-electron chi connectivity index (χ3n) is 5.19. The smallest absolute Gasteiger partial charge is 0.256 e. The lowest BCUT2D eigenvalue weighted by molar-refractivity contribution is -0.124. The summed E-state index contributed by atoms with van der Waals surface area (Å²) in [4.78, 5) is 25.3. The van der Waals surface area contributed by atoms with Gasteiger partial charge in [0.15, 0.2) is 0 Å². The summed E-state index contributed by atoms with van der Waals surface area (Å²) in [6.45, 7) is 0.595. The predicted octanol–water partition coefficient (Wildman–Crippen LogP) is 0.460. The number of nitrogens with one attached hydrogen (secondary N) is 1. The molecule has 0 spiro atoms. The second-order valence-electron chi connectivity index (χ2n) is 6.76. The van der Waals surface area contributed by atoms with Crippen molar-refractivity contribution in [3.63, 3.8) is 0 Å². The van der Waals surface area contributed by atoms with Crippen LogP contribution in [-0.2, 0) is 14.8 Å². The number of halogens is 1. The molecule has 3 rings (SSSR count). The van der Waals surface area contributed by atoms with Gasteiger partial charge < -0.3 is 10.2 Å². The molecule has 7 nitrogen and oxygen atoms in total. The summed E-state index contributed by atoms with van der Waals surface area (Å²) in [6, 6.07) is 2.81. The summed E-state index contributed by atoms with van der Waals surface area (Å²) in [6.07, 6.45) is 1.85. The summed E-state index contributed by atoms with van der Waals surface area (Å²) in [5, 5.41) is 7.88. The summed E-state index contributed by atoms with van der Waals surface area (Å²) in [5.74, 6) is -0.849. The van der Waals surface area contributed by atoms with E-state index >= 15 is 0 Å². The van der Waals surface area contributed by atoms with E-state index in [1.165, 1.54) is 4.90 Å². The highest BCUT2D eigenvalue weighted by molar-refractivity contribution is 7.89. The lowest BCUT2D eigenvalue weighted by atomic mass is 9.89. The van der Waals surface area contributed by atoms with Crippen molar-refractivity contribution in [2.24, 2.45) is 17.0 Å². The Morgan fingerprint density at radius 3 is 2.68 bits per heavy atom. The van der Waals surface area contributed by atoms with Crippen LogP contribution in [0.1, 0.15) is 29.6 Å². The Morgan fingerprint density at radius 2 is 2.00 bits per heavy atom. The van der Waals surface area contributed by atoms with E-state index in [0.717, 1.165) is 24.6 Å². The molecule has 0 unspecified atom stereocenters. The SMILES string of the molecule is CN(C(=O)c1cc(S(N)(=O)=O)ccc1F)[C@H]1C[C@H]2CNC(=O)C[C@H]2C1. The molecule has 3 atom stereocenters. The number of nitrogens with two attached hydrogens (primary N) is 1. The summed E-state index contributed by atoms with van der Waals surface area (Å²) < 4.78 is 36.9. The Balaban J connectivity index is 1.80. The zero-order valence-corrected chi connectivity index (χ0v) is 14.6. The number of hydrogen-bond acceptors (Lipinski definition) is 4. The quantitative estimate of drug-likeness (QED) is 0.806. The van der Waals surface area contributed by atoms with Crippen LogP contribution in [0.4, 0.5) is 4.39 Å². The van der Waals surface area contributed by atoms with Crippen molar-refractivity contribution in [3.8, 4) is 0 Å². The maximum Gasteiger partial charge on any atom is 0.256 e. The molecule has 1 saturated heterocycles. The Labute approximate surface area is 145 Å². The number of fused-ring (bicyclic) bond motifs is 1. The topological polar surface area (TPSA) is 110 Å². The third-order valence-corrected chi connectivity index (χ3v) is 6.10. The maximum absolute atomic E-state index is 14.1. The lowest BCUT2D eigenvalue weighted by Gasteiger charge is -2.25. The minimum Gasteiger partial charge on any atom is -0.356 e. The Hall–Kier alpha value is -2.00. The first-order chi connectivity index (χ1) is 11.7. The van der Waals surface area contributed by atoms with Crippen LogP contribution in [0.2, 0.25) is 0 Å². The highest BCUT2D eigenvalue weighted by atomic mass is 32.2. The van der Waals surface area contributed by atoms with Crippen molar-refractivity contribution in [3.05, 3.63) is 29.6 Å². The van der Waals surface area contributed by atoms with Crippen molar-refractivity contribution < 1.29 is 22.4 Å².